The van der Waals surface area contributed by atoms with Gasteiger partial charge in [0.2, 0.25) is 0 Å². The van der Waals surface area contributed by atoms with Crippen molar-refractivity contribution >= 4 is 15.9 Å². The molecule has 2 fully saturated rings. The van der Waals surface area contributed by atoms with Gasteiger partial charge in [-0.3, -0.25) is 0 Å². The van der Waals surface area contributed by atoms with Gasteiger partial charge in [0.15, 0.2) is 9.84 Å². The van der Waals surface area contributed by atoms with Crippen molar-refractivity contribution in [3.05, 3.63) is 0 Å². The monoisotopic (exact) mass is 290 g/mol. The number of urea groups is 1. The summed E-state index contributed by atoms with van der Waals surface area (Å²) in [5, 5.41) is 2.35. The summed E-state index contributed by atoms with van der Waals surface area (Å²) in [7, 11) is -3.02. The van der Waals surface area contributed by atoms with Crippen molar-refractivity contribution in [2.75, 3.05) is 32.1 Å². The largest absolute Gasteiger partial charge is 0.377 e. The minimum Gasteiger partial charge on any atom is -0.377 e. The number of morpholine rings is 1. The summed E-state index contributed by atoms with van der Waals surface area (Å²) in [6, 6.07) is -0.145. The van der Waals surface area contributed by atoms with Crippen LogP contribution in [0.3, 0.4) is 0 Å². The molecule has 0 aromatic rings. The maximum Gasteiger partial charge on any atom is 0.317 e. The molecule has 1 unspecified atom stereocenters. The smallest absolute Gasteiger partial charge is 0.317 e. The van der Waals surface area contributed by atoms with E-state index in [4.69, 9.17) is 4.74 Å². The first-order valence-electron chi connectivity index (χ1n) is 6.84. The Balaban J connectivity index is 1.86. The molecule has 110 valence electrons. The number of carbonyl (C=O) groups is 1. The van der Waals surface area contributed by atoms with Crippen LogP contribution in [0.5, 0.6) is 0 Å². The highest BCUT2D eigenvalue weighted by Crippen LogP contribution is 2.19. The third-order valence-corrected chi connectivity index (χ3v) is 6.10. The average molecular weight is 290 g/mol. The highest BCUT2D eigenvalue weighted by molar-refractivity contribution is 7.92. The Morgan fingerprint density at radius 2 is 2.21 bits per heavy atom. The molecule has 0 aromatic carbocycles. The normalized spacial score (nSPS) is 30.9. The Labute approximate surface area is 114 Å². The van der Waals surface area contributed by atoms with Crippen LogP contribution in [0.15, 0.2) is 0 Å². The second kappa shape index (κ2) is 6.09. The predicted molar refractivity (Wildman–Crippen MR) is 71.8 cm³/mol. The molecule has 0 saturated carbocycles. The molecule has 2 heterocycles. The SMILES string of the molecule is C[C@@H]1COCCN1C(=O)NCC1CCCCS1(=O)=O. The van der Waals surface area contributed by atoms with Crippen LogP contribution in [0, 0.1) is 0 Å². The van der Waals surface area contributed by atoms with E-state index in [1.165, 1.54) is 0 Å². The lowest BCUT2D eigenvalue weighted by Gasteiger charge is -2.34. The lowest BCUT2D eigenvalue weighted by molar-refractivity contribution is 0.0191. The van der Waals surface area contributed by atoms with Crippen LogP contribution in [-0.4, -0.2) is 62.7 Å². The molecule has 7 heteroatoms. The second-order valence-electron chi connectivity index (χ2n) is 5.29. The molecule has 6 nitrogen and oxygen atoms in total. The molecule has 0 aromatic heterocycles. The summed E-state index contributed by atoms with van der Waals surface area (Å²) in [6.07, 6.45) is 2.32. The highest BCUT2D eigenvalue weighted by Gasteiger charge is 2.30. The quantitative estimate of drug-likeness (QED) is 0.798. The van der Waals surface area contributed by atoms with Crippen LogP contribution >= 0.6 is 0 Å². The van der Waals surface area contributed by atoms with Crippen LogP contribution in [0.25, 0.3) is 0 Å². The van der Waals surface area contributed by atoms with Crippen molar-refractivity contribution < 1.29 is 17.9 Å². The third kappa shape index (κ3) is 3.60. The van der Waals surface area contributed by atoms with Crippen LogP contribution in [0.1, 0.15) is 26.2 Å². The first kappa shape index (κ1) is 14.6. The van der Waals surface area contributed by atoms with Crippen molar-refractivity contribution in [1.29, 1.82) is 0 Å². The van der Waals surface area contributed by atoms with Crippen molar-refractivity contribution in [3.63, 3.8) is 0 Å². The number of nitrogens with one attached hydrogen (secondary N) is 1. The van der Waals surface area contributed by atoms with E-state index in [2.05, 4.69) is 5.32 Å². The van der Waals surface area contributed by atoms with Gasteiger partial charge in [-0.05, 0) is 19.8 Å². The maximum absolute atomic E-state index is 12.0. The Morgan fingerprint density at radius 1 is 1.42 bits per heavy atom. The van der Waals surface area contributed by atoms with Crippen LogP contribution in [-0.2, 0) is 14.6 Å². The third-order valence-electron chi connectivity index (χ3n) is 3.82. The fourth-order valence-corrected chi connectivity index (χ4v) is 4.38. The van der Waals surface area contributed by atoms with E-state index in [-0.39, 0.29) is 24.4 Å². The van der Waals surface area contributed by atoms with Gasteiger partial charge in [0.25, 0.3) is 0 Å². The molecule has 2 aliphatic rings. The number of hydrogen-bond donors (Lipinski definition) is 1. The summed E-state index contributed by atoms with van der Waals surface area (Å²) >= 11 is 0. The van der Waals surface area contributed by atoms with Gasteiger partial charge in [0.1, 0.15) is 0 Å². The molecule has 2 saturated heterocycles. The van der Waals surface area contributed by atoms with E-state index in [1.54, 1.807) is 4.90 Å². The lowest BCUT2D eigenvalue weighted by atomic mass is 10.2. The van der Waals surface area contributed by atoms with E-state index < -0.39 is 15.1 Å². The van der Waals surface area contributed by atoms with E-state index in [0.29, 0.717) is 26.2 Å². The number of ether oxygens (including phenoxy) is 1. The Hall–Kier alpha value is -0.820. The van der Waals surface area contributed by atoms with E-state index >= 15 is 0 Å². The second-order valence-corrected chi connectivity index (χ2v) is 7.69. The van der Waals surface area contributed by atoms with Crippen LogP contribution in [0.4, 0.5) is 4.79 Å². The lowest BCUT2D eigenvalue weighted by Crippen LogP contribution is -2.53. The Morgan fingerprint density at radius 3 is 2.89 bits per heavy atom. The number of rotatable bonds is 2. The zero-order valence-electron chi connectivity index (χ0n) is 11.3. The molecular weight excluding hydrogens is 268 g/mol. The van der Waals surface area contributed by atoms with E-state index in [1.807, 2.05) is 6.92 Å². The maximum atomic E-state index is 12.0. The Bertz CT molecular complexity index is 423. The zero-order valence-corrected chi connectivity index (χ0v) is 12.1. The summed E-state index contributed by atoms with van der Waals surface area (Å²) in [4.78, 5) is 13.7. The van der Waals surface area contributed by atoms with E-state index in [0.717, 1.165) is 12.8 Å². The summed E-state index contributed by atoms with van der Waals surface area (Å²) in [6.45, 7) is 3.79. The molecule has 0 radical (unpaired) electrons. The molecule has 0 bridgehead atoms. The minimum absolute atomic E-state index is 0.0386. The molecule has 2 amide bonds. The standard InChI is InChI=1S/C12H22N2O4S/c1-10-9-18-6-5-14(10)12(15)13-8-11-4-2-3-7-19(11,16)17/h10-11H,2-9H2,1H3,(H,13,15)/t10-,11?/m1/s1. The molecular formula is C12H22N2O4S. The van der Waals surface area contributed by atoms with Crippen molar-refractivity contribution in [2.24, 2.45) is 0 Å². The van der Waals surface area contributed by atoms with Crippen molar-refractivity contribution in [2.45, 2.75) is 37.5 Å². The van der Waals surface area contributed by atoms with Gasteiger partial charge in [-0.15, -0.1) is 0 Å². The van der Waals surface area contributed by atoms with Gasteiger partial charge >= 0.3 is 6.03 Å². The number of nitrogens with zero attached hydrogens (tertiary/aromatic N) is 1. The first-order valence-corrected chi connectivity index (χ1v) is 8.56. The van der Waals surface area contributed by atoms with Gasteiger partial charge in [0, 0.05) is 13.1 Å². The number of hydrogen-bond acceptors (Lipinski definition) is 4. The summed E-state index contributed by atoms with van der Waals surface area (Å²) in [5.41, 5.74) is 0. The average Bonchev–Trinajstić information content (AvgIpc) is 2.37. The zero-order chi connectivity index (χ0) is 13.9. The van der Waals surface area contributed by atoms with Crippen LogP contribution in [0.2, 0.25) is 0 Å². The molecule has 0 spiro atoms. The fraction of sp³-hybridized carbons (Fsp3) is 0.917. The van der Waals surface area contributed by atoms with Gasteiger partial charge in [-0.2, -0.15) is 0 Å². The van der Waals surface area contributed by atoms with Gasteiger partial charge in [0.05, 0.1) is 30.3 Å². The summed E-state index contributed by atoms with van der Waals surface area (Å²) < 4.78 is 29.0. The molecule has 2 rings (SSSR count). The Kier molecular flexibility index (Phi) is 4.67. The van der Waals surface area contributed by atoms with E-state index in [9.17, 15) is 13.2 Å². The van der Waals surface area contributed by atoms with Crippen LogP contribution < -0.4 is 5.32 Å². The molecule has 19 heavy (non-hydrogen) atoms. The van der Waals surface area contributed by atoms with Crippen molar-refractivity contribution in [1.82, 2.24) is 10.2 Å². The highest BCUT2D eigenvalue weighted by atomic mass is 32.2. The van der Waals surface area contributed by atoms with Gasteiger partial charge in [-0.1, -0.05) is 6.42 Å². The van der Waals surface area contributed by atoms with Gasteiger partial charge in [-0.25, -0.2) is 13.2 Å². The van der Waals surface area contributed by atoms with Crippen molar-refractivity contribution in [3.8, 4) is 0 Å². The number of amides is 2. The fourth-order valence-electron chi connectivity index (χ4n) is 2.58. The molecule has 1 N–H and O–H groups in total. The topological polar surface area (TPSA) is 75.7 Å². The minimum atomic E-state index is -3.02. The van der Waals surface area contributed by atoms with Gasteiger partial charge < -0.3 is 15.0 Å². The summed E-state index contributed by atoms with van der Waals surface area (Å²) in [5.74, 6) is 0.251. The molecule has 2 aliphatic heterocycles. The molecule has 0 aliphatic carbocycles. The predicted octanol–water partition coefficient (Wildman–Crippen LogP) is 0.384. The number of sulfone groups is 1. The number of carbonyl (C=O) groups excluding carboxylic acids is 1. The molecule has 2 atom stereocenters. The first-order chi connectivity index (χ1) is 9.00.